The molecule has 1 aliphatic rings. The molecule has 2 aromatic carbocycles. The maximum absolute atomic E-state index is 13.3. The summed E-state index contributed by atoms with van der Waals surface area (Å²) in [6, 6.07) is 9.48. The highest BCUT2D eigenvalue weighted by Crippen LogP contribution is 2.30. The lowest BCUT2D eigenvalue weighted by Gasteiger charge is -2.36. The summed E-state index contributed by atoms with van der Waals surface area (Å²) in [7, 11) is -2.52. The second-order valence-corrected chi connectivity index (χ2v) is 9.20. The lowest BCUT2D eigenvalue weighted by Crippen LogP contribution is -2.55. The monoisotopic (exact) mass is 475 g/mol. The van der Waals surface area contributed by atoms with Crippen LogP contribution in [-0.2, 0) is 15.0 Å². The van der Waals surface area contributed by atoms with Crippen molar-refractivity contribution in [3.8, 4) is 0 Å². The molecular weight excluding hydrogens is 461 g/mol. The van der Waals surface area contributed by atoms with Gasteiger partial charge in [-0.3, -0.25) is 4.79 Å². The van der Waals surface area contributed by atoms with Gasteiger partial charge in [0.05, 0.1) is 5.02 Å². The number of anilines is 1. The molecule has 0 spiro atoms. The minimum atomic E-state index is -3.85. The number of hydrogen-bond acceptors (Lipinski definition) is 3. The smallest absolute Gasteiger partial charge is 0.280 e. The van der Waals surface area contributed by atoms with Crippen molar-refractivity contribution >= 4 is 49.3 Å². The van der Waals surface area contributed by atoms with Crippen molar-refractivity contribution in [1.82, 2.24) is 9.03 Å². The lowest BCUT2D eigenvalue weighted by atomic mass is 9.99. The van der Waals surface area contributed by atoms with Gasteiger partial charge < -0.3 is 5.32 Å². The maximum atomic E-state index is 13.3. The second kappa shape index (κ2) is 7.84. The number of carbonyl (C=O) groups is 1. The molecule has 1 aliphatic heterocycles. The first-order valence-corrected chi connectivity index (χ1v) is 10.5. The Morgan fingerprint density at radius 1 is 1.33 bits per heavy atom. The largest absolute Gasteiger partial charge is 0.325 e. The predicted molar refractivity (Wildman–Crippen MR) is 105 cm³/mol. The molecule has 0 aliphatic carbocycles. The number of benzene rings is 2. The summed E-state index contributed by atoms with van der Waals surface area (Å²) in [5.41, 5.74) is 1.03. The van der Waals surface area contributed by atoms with E-state index >= 15 is 0 Å². The quantitative estimate of drug-likeness (QED) is 0.712. The van der Waals surface area contributed by atoms with Crippen LogP contribution in [-0.4, -0.2) is 31.7 Å². The van der Waals surface area contributed by atoms with Crippen LogP contribution in [0.4, 0.5) is 10.1 Å². The van der Waals surface area contributed by atoms with Crippen molar-refractivity contribution in [3.05, 3.63) is 63.3 Å². The van der Waals surface area contributed by atoms with E-state index in [1.807, 2.05) is 6.07 Å². The zero-order valence-corrected chi connectivity index (χ0v) is 17.3. The van der Waals surface area contributed by atoms with Gasteiger partial charge in [-0.05, 0) is 42.3 Å². The molecule has 6 nitrogen and oxygen atoms in total. The van der Waals surface area contributed by atoms with Gasteiger partial charge >= 0.3 is 0 Å². The van der Waals surface area contributed by atoms with Crippen LogP contribution in [0.5, 0.6) is 0 Å². The van der Waals surface area contributed by atoms with Crippen LogP contribution in [0.15, 0.2) is 46.9 Å². The molecule has 27 heavy (non-hydrogen) atoms. The highest BCUT2D eigenvalue weighted by atomic mass is 79.9. The fraction of sp³-hybridized carbons (Fsp3) is 0.235. The highest BCUT2D eigenvalue weighted by molar-refractivity contribution is 9.10. The van der Waals surface area contributed by atoms with Crippen molar-refractivity contribution in [2.45, 2.75) is 18.5 Å². The normalized spacial score (nSPS) is 22.4. The minimum Gasteiger partial charge on any atom is -0.325 e. The molecule has 0 saturated carbocycles. The zero-order valence-electron chi connectivity index (χ0n) is 14.1. The Hall–Kier alpha value is -1.52. The third-order valence-electron chi connectivity index (χ3n) is 4.31. The van der Waals surface area contributed by atoms with Crippen molar-refractivity contribution in [1.29, 1.82) is 0 Å². The van der Waals surface area contributed by atoms with Crippen molar-refractivity contribution in [2.75, 3.05) is 12.4 Å². The van der Waals surface area contributed by atoms with Gasteiger partial charge in [-0.1, -0.05) is 39.7 Å². The van der Waals surface area contributed by atoms with E-state index in [-0.39, 0.29) is 17.1 Å². The molecule has 1 heterocycles. The van der Waals surface area contributed by atoms with E-state index in [0.717, 1.165) is 20.4 Å². The van der Waals surface area contributed by atoms with Crippen LogP contribution in [0.25, 0.3) is 0 Å². The summed E-state index contributed by atoms with van der Waals surface area (Å²) < 4.78 is 42.6. The van der Waals surface area contributed by atoms with Gasteiger partial charge in [0.15, 0.2) is 0 Å². The molecule has 0 aromatic heterocycles. The Labute approximate surface area is 170 Å². The summed E-state index contributed by atoms with van der Waals surface area (Å²) in [5, 5.41) is 2.46. The van der Waals surface area contributed by atoms with Crippen molar-refractivity contribution in [3.63, 3.8) is 0 Å². The molecule has 144 valence electrons. The Morgan fingerprint density at radius 2 is 2.07 bits per heavy atom. The number of likely N-dealkylation sites (N-methyl/N-ethyl adjacent to an activating group) is 1. The molecule has 10 heteroatoms. The van der Waals surface area contributed by atoms with E-state index in [1.54, 1.807) is 18.2 Å². The first-order valence-electron chi connectivity index (χ1n) is 7.94. The summed E-state index contributed by atoms with van der Waals surface area (Å²) in [6.45, 7) is 0. The molecule has 2 aromatic rings. The molecule has 0 bridgehead atoms. The molecule has 2 N–H and O–H groups in total. The molecule has 0 unspecified atom stereocenters. The van der Waals surface area contributed by atoms with Gasteiger partial charge in [0.25, 0.3) is 10.2 Å². The third-order valence-corrected chi connectivity index (χ3v) is 6.69. The molecule has 2 atom stereocenters. The first-order chi connectivity index (χ1) is 12.7. The Bertz CT molecular complexity index is 989. The van der Waals surface area contributed by atoms with Crippen LogP contribution in [0.3, 0.4) is 0 Å². The van der Waals surface area contributed by atoms with E-state index in [0.29, 0.717) is 0 Å². The number of nitrogens with one attached hydrogen (secondary N) is 2. The molecule has 1 saturated heterocycles. The number of amides is 1. The molecule has 0 radical (unpaired) electrons. The number of carbonyl (C=O) groups excluding carboxylic acids is 1. The van der Waals surface area contributed by atoms with Crippen LogP contribution >= 0.6 is 27.5 Å². The first kappa shape index (κ1) is 20.2. The summed E-state index contributed by atoms with van der Waals surface area (Å²) in [4.78, 5) is 12.7. The number of nitrogens with zero attached hydrogens (tertiary/aromatic N) is 1. The lowest BCUT2D eigenvalue weighted by molar-refractivity contribution is -0.120. The van der Waals surface area contributed by atoms with Gasteiger partial charge in [-0.15, -0.1) is 0 Å². The summed E-state index contributed by atoms with van der Waals surface area (Å²) >= 11 is 9.09. The van der Waals surface area contributed by atoms with Crippen molar-refractivity contribution < 1.29 is 17.6 Å². The van der Waals surface area contributed by atoms with E-state index in [1.165, 1.54) is 19.2 Å². The van der Waals surface area contributed by atoms with E-state index < -0.39 is 34.0 Å². The number of rotatable bonds is 3. The molecular formula is C17H16BrClFN3O3S. The van der Waals surface area contributed by atoms with Gasteiger partial charge in [0.2, 0.25) is 5.91 Å². The highest BCUT2D eigenvalue weighted by Gasteiger charge is 2.40. The molecule has 1 fully saturated rings. The summed E-state index contributed by atoms with van der Waals surface area (Å²) in [5.74, 6) is -1.13. The number of hydrogen-bond donors (Lipinski definition) is 2. The van der Waals surface area contributed by atoms with E-state index in [4.69, 9.17) is 11.6 Å². The van der Waals surface area contributed by atoms with Gasteiger partial charge in [0, 0.05) is 23.2 Å². The van der Waals surface area contributed by atoms with Crippen LogP contribution in [0.2, 0.25) is 5.02 Å². The Morgan fingerprint density at radius 3 is 2.74 bits per heavy atom. The standard InChI is InChI=1S/C17H16BrClFN3O3S/c1-23-16(17(24)21-12-5-6-14(20)13(19)8-12)9-15(22-27(23,25)26)10-3-2-4-11(18)7-10/h2-8,15-16,22H,9H2,1H3,(H,21,24)/t15-,16+/m1/s1. The van der Waals surface area contributed by atoms with E-state index in [9.17, 15) is 17.6 Å². The van der Waals surface area contributed by atoms with Crippen LogP contribution in [0.1, 0.15) is 18.0 Å². The number of halogens is 3. The SMILES string of the molecule is CN1[C@H](C(=O)Nc2ccc(F)c(Cl)c2)C[C@H](c2cccc(Br)c2)NS1(=O)=O. The fourth-order valence-electron chi connectivity index (χ4n) is 2.85. The topological polar surface area (TPSA) is 78.5 Å². The van der Waals surface area contributed by atoms with Gasteiger partial charge in [0.1, 0.15) is 11.9 Å². The zero-order chi connectivity index (χ0) is 19.8. The van der Waals surface area contributed by atoms with Gasteiger partial charge in [-0.2, -0.15) is 17.4 Å². The average Bonchev–Trinajstić information content (AvgIpc) is 2.60. The predicted octanol–water partition coefficient (Wildman–Crippen LogP) is 3.46. The maximum Gasteiger partial charge on any atom is 0.280 e. The average molecular weight is 477 g/mol. The molecule has 1 amide bonds. The second-order valence-electron chi connectivity index (χ2n) is 6.12. The van der Waals surface area contributed by atoms with Crippen LogP contribution < -0.4 is 10.0 Å². The minimum absolute atomic E-state index is 0.133. The van der Waals surface area contributed by atoms with Crippen molar-refractivity contribution in [2.24, 2.45) is 0 Å². The fourth-order valence-corrected chi connectivity index (χ4v) is 4.72. The van der Waals surface area contributed by atoms with E-state index in [2.05, 4.69) is 26.0 Å². The summed E-state index contributed by atoms with van der Waals surface area (Å²) in [6.07, 6.45) is 0.229. The van der Waals surface area contributed by atoms with Gasteiger partial charge in [-0.25, -0.2) is 4.39 Å². The third kappa shape index (κ3) is 4.49. The Kier molecular flexibility index (Phi) is 5.87. The molecule has 3 rings (SSSR count). The van der Waals surface area contributed by atoms with Crippen LogP contribution in [0, 0.1) is 5.82 Å². The Balaban J connectivity index is 1.85.